The van der Waals surface area contributed by atoms with Crippen LogP contribution in [0.3, 0.4) is 0 Å². The Morgan fingerprint density at radius 2 is 2.07 bits per heavy atom. The first-order valence-corrected chi connectivity index (χ1v) is 11.7. The quantitative estimate of drug-likeness (QED) is 0.252. The molecule has 4 rings (SSSR count). The van der Waals surface area contributed by atoms with Crippen molar-refractivity contribution in [3.8, 4) is 10.8 Å². The van der Waals surface area contributed by atoms with Crippen molar-refractivity contribution in [1.82, 2.24) is 19.7 Å². The van der Waals surface area contributed by atoms with Gasteiger partial charge in [-0.05, 0) is 42.5 Å². The highest BCUT2D eigenvalue weighted by molar-refractivity contribution is 9.10. The van der Waals surface area contributed by atoms with Crippen LogP contribution < -0.4 is 5.56 Å². The minimum atomic E-state index is -0.144. The SMILES string of the molecule is CC(C)Cn1c(SC(C)c2nnc(-c3cccs3)o2)nc2ccc(Br)cc2c1=O. The Balaban J connectivity index is 1.71. The summed E-state index contributed by atoms with van der Waals surface area (Å²) >= 11 is 6.45. The molecule has 0 radical (unpaired) electrons. The summed E-state index contributed by atoms with van der Waals surface area (Å²) in [5.41, 5.74) is 0.641. The van der Waals surface area contributed by atoms with Crippen molar-refractivity contribution < 1.29 is 4.42 Å². The van der Waals surface area contributed by atoms with Crippen LogP contribution >= 0.6 is 39.0 Å². The first-order valence-electron chi connectivity index (χ1n) is 9.16. The van der Waals surface area contributed by atoms with Crippen LogP contribution in [0.2, 0.25) is 0 Å². The van der Waals surface area contributed by atoms with E-state index in [0.29, 0.717) is 40.3 Å². The molecule has 9 heteroatoms. The summed E-state index contributed by atoms with van der Waals surface area (Å²) in [5.74, 6) is 1.33. The summed E-state index contributed by atoms with van der Waals surface area (Å²) in [4.78, 5) is 18.9. The van der Waals surface area contributed by atoms with Gasteiger partial charge >= 0.3 is 0 Å². The summed E-state index contributed by atoms with van der Waals surface area (Å²) in [6, 6.07) is 9.47. The second-order valence-electron chi connectivity index (χ2n) is 7.05. The number of hydrogen-bond donors (Lipinski definition) is 0. The lowest BCUT2D eigenvalue weighted by Gasteiger charge is -2.16. The summed E-state index contributed by atoms with van der Waals surface area (Å²) in [6.45, 7) is 6.74. The van der Waals surface area contributed by atoms with Gasteiger partial charge in [0.05, 0.1) is 21.0 Å². The van der Waals surface area contributed by atoms with Gasteiger partial charge < -0.3 is 4.42 Å². The molecule has 1 atom stereocenters. The van der Waals surface area contributed by atoms with Crippen molar-refractivity contribution >= 4 is 49.9 Å². The predicted octanol–water partition coefficient (Wildman–Crippen LogP) is 5.78. The molecule has 1 aromatic carbocycles. The largest absolute Gasteiger partial charge is 0.419 e. The number of aromatic nitrogens is 4. The van der Waals surface area contributed by atoms with Crippen molar-refractivity contribution in [2.45, 2.75) is 37.7 Å². The van der Waals surface area contributed by atoms with Crippen LogP contribution in [0.4, 0.5) is 0 Å². The summed E-state index contributed by atoms with van der Waals surface area (Å²) in [7, 11) is 0. The van der Waals surface area contributed by atoms with Gasteiger partial charge in [0.2, 0.25) is 5.89 Å². The fraction of sp³-hybridized carbons (Fsp3) is 0.300. The molecule has 6 nitrogen and oxygen atoms in total. The molecule has 0 N–H and O–H groups in total. The van der Waals surface area contributed by atoms with E-state index in [9.17, 15) is 4.79 Å². The second kappa shape index (κ2) is 8.41. The summed E-state index contributed by atoms with van der Waals surface area (Å²) < 4.78 is 8.47. The maximum Gasteiger partial charge on any atom is 0.262 e. The van der Waals surface area contributed by atoms with Crippen LogP contribution in [0.1, 0.15) is 31.9 Å². The average molecular weight is 491 g/mol. The molecule has 29 heavy (non-hydrogen) atoms. The first kappa shape index (κ1) is 20.3. The Hall–Kier alpha value is -1.97. The summed E-state index contributed by atoms with van der Waals surface area (Å²) in [5, 5.41) is 11.4. The second-order valence-corrected chi connectivity index (χ2v) is 10.2. The Labute approximate surface area is 184 Å². The van der Waals surface area contributed by atoms with E-state index >= 15 is 0 Å². The monoisotopic (exact) mass is 490 g/mol. The molecule has 0 aliphatic carbocycles. The Kier molecular flexibility index (Phi) is 5.89. The van der Waals surface area contributed by atoms with Crippen LogP contribution in [0, 0.1) is 5.92 Å². The molecule has 1 unspecified atom stereocenters. The lowest BCUT2D eigenvalue weighted by Crippen LogP contribution is -2.25. The van der Waals surface area contributed by atoms with Crippen LogP contribution in [0.5, 0.6) is 0 Å². The molecule has 0 spiro atoms. The van der Waals surface area contributed by atoms with Crippen LogP contribution in [-0.4, -0.2) is 19.7 Å². The maximum absolute atomic E-state index is 13.2. The average Bonchev–Trinajstić information content (AvgIpc) is 3.36. The Bertz CT molecular complexity index is 1200. The van der Waals surface area contributed by atoms with E-state index in [2.05, 4.69) is 40.0 Å². The van der Waals surface area contributed by atoms with Gasteiger partial charge in [0.1, 0.15) is 0 Å². The number of thioether (sulfide) groups is 1. The van der Waals surface area contributed by atoms with Gasteiger partial charge in [-0.25, -0.2) is 4.98 Å². The van der Waals surface area contributed by atoms with E-state index < -0.39 is 0 Å². The third-order valence-electron chi connectivity index (χ3n) is 4.23. The molecular weight excluding hydrogens is 472 g/mol. The number of halogens is 1. The van der Waals surface area contributed by atoms with Gasteiger partial charge in [-0.15, -0.1) is 21.5 Å². The number of benzene rings is 1. The standard InChI is InChI=1S/C20H19BrN4O2S2/c1-11(2)10-25-19(26)14-9-13(21)6-7-15(14)22-20(25)29-12(3)17-23-24-18(27-17)16-5-4-8-28-16/h4-9,11-12H,10H2,1-3H3. The molecule has 0 saturated carbocycles. The zero-order valence-corrected chi connectivity index (χ0v) is 19.3. The van der Waals surface area contributed by atoms with Crippen molar-refractivity contribution in [3.05, 3.63) is 56.4 Å². The van der Waals surface area contributed by atoms with Crippen molar-refractivity contribution in [1.29, 1.82) is 0 Å². The molecule has 0 aliphatic heterocycles. The molecule has 0 fully saturated rings. The minimum absolute atomic E-state index is 0.0375. The van der Waals surface area contributed by atoms with Crippen molar-refractivity contribution in [3.63, 3.8) is 0 Å². The van der Waals surface area contributed by atoms with E-state index in [-0.39, 0.29) is 10.8 Å². The topological polar surface area (TPSA) is 73.8 Å². The maximum atomic E-state index is 13.2. The number of thiophene rings is 1. The van der Waals surface area contributed by atoms with Crippen LogP contribution in [-0.2, 0) is 6.54 Å². The van der Waals surface area contributed by atoms with E-state index in [1.165, 1.54) is 11.8 Å². The van der Waals surface area contributed by atoms with Gasteiger partial charge in [-0.2, -0.15) is 0 Å². The molecule has 3 heterocycles. The number of hydrogen-bond acceptors (Lipinski definition) is 7. The van der Waals surface area contributed by atoms with Gasteiger partial charge in [0.15, 0.2) is 5.16 Å². The van der Waals surface area contributed by atoms with Crippen molar-refractivity contribution in [2.24, 2.45) is 5.92 Å². The van der Waals surface area contributed by atoms with Crippen LogP contribution in [0.15, 0.2) is 54.6 Å². The molecule has 3 aromatic heterocycles. The number of nitrogens with zero attached hydrogens (tertiary/aromatic N) is 4. The van der Waals surface area contributed by atoms with E-state index in [4.69, 9.17) is 9.40 Å². The Morgan fingerprint density at radius 3 is 2.79 bits per heavy atom. The smallest absolute Gasteiger partial charge is 0.262 e. The fourth-order valence-corrected chi connectivity index (χ4v) is 4.85. The molecular formula is C20H19BrN4O2S2. The number of fused-ring (bicyclic) bond motifs is 1. The van der Waals surface area contributed by atoms with Gasteiger partial charge in [0, 0.05) is 11.0 Å². The summed E-state index contributed by atoms with van der Waals surface area (Å²) in [6.07, 6.45) is 0. The molecule has 4 aromatic rings. The third-order valence-corrected chi connectivity index (χ3v) is 6.66. The van der Waals surface area contributed by atoms with E-state index in [1.54, 1.807) is 15.9 Å². The van der Waals surface area contributed by atoms with Gasteiger partial charge in [0.25, 0.3) is 11.4 Å². The molecule has 0 aliphatic rings. The number of rotatable bonds is 6. The fourth-order valence-electron chi connectivity index (χ4n) is 2.90. The molecule has 0 saturated heterocycles. The van der Waals surface area contributed by atoms with E-state index in [0.717, 1.165) is 9.35 Å². The zero-order valence-electron chi connectivity index (χ0n) is 16.1. The zero-order chi connectivity index (χ0) is 20.5. The lowest BCUT2D eigenvalue weighted by molar-refractivity contribution is 0.473. The highest BCUT2D eigenvalue weighted by Crippen LogP contribution is 2.35. The van der Waals surface area contributed by atoms with Crippen molar-refractivity contribution in [2.75, 3.05) is 0 Å². The molecule has 150 valence electrons. The van der Waals surface area contributed by atoms with Gasteiger partial charge in [-0.1, -0.05) is 47.6 Å². The predicted molar refractivity (Wildman–Crippen MR) is 120 cm³/mol. The normalized spacial score (nSPS) is 12.7. The first-order chi connectivity index (χ1) is 13.9. The lowest BCUT2D eigenvalue weighted by atomic mass is 10.2. The Morgan fingerprint density at radius 1 is 1.24 bits per heavy atom. The van der Waals surface area contributed by atoms with E-state index in [1.807, 2.05) is 42.6 Å². The van der Waals surface area contributed by atoms with Gasteiger partial charge in [-0.3, -0.25) is 9.36 Å². The molecule has 0 amide bonds. The third kappa shape index (κ3) is 4.31. The minimum Gasteiger partial charge on any atom is -0.419 e. The molecule has 0 bridgehead atoms. The van der Waals surface area contributed by atoms with Crippen LogP contribution in [0.25, 0.3) is 21.7 Å². The highest BCUT2D eigenvalue weighted by Gasteiger charge is 2.21. The highest BCUT2D eigenvalue weighted by atomic mass is 79.9.